The monoisotopic (exact) mass is 465 g/mol. The molecular formula is C25H22F3N5O. The van der Waals surface area contributed by atoms with Gasteiger partial charge in [0.2, 0.25) is 0 Å². The Kier molecular flexibility index (Phi) is 5.65. The molecule has 0 amide bonds. The summed E-state index contributed by atoms with van der Waals surface area (Å²) in [5, 5.41) is 7.63. The molecule has 6 nitrogen and oxygen atoms in total. The molecule has 1 aliphatic heterocycles. The normalized spacial score (nSPS) is 15.3. The molecule has 0 radical (unpaired) electrons. The molecule has 1 fully saturated rings. The lowest BCUT2D eigenvalue weighted by Crippen LogP contribution is -2.36. The molecule has 5 rings (SSSR count). The Morgan fingerprint density at radius 3 is 2.68 bits per heavy atom. The molecule has 9 heteroatoms. The van der Waals surface area contributed by atoms with Crippen LogP contribution in [0.5, 0.6) is 0 Å². The SMILES string of the molecule is CC(C(=O)c1n[nH]c2ccc(-c3cncc(CN4CCC4)c3)cc12)c1cccc(C(F)(F)F)n1. The molecule has 0 spiro atoms. The number of nitrogens with one attached hydrogen (secondary N) is 1. The fraction of sp³-hybridized carbons (Fsp3) is 0.280. The number of Topliss-reactive ketones (excluding diaryl/α,β-unsaturated/α-hetero) is 1. The largest absolute Gasteiger partial charge is 0.433 e. The molecule has 0 aliphatic carbocycles. The van der Waals surface area contributed by atoms with Crippen LogP contribution in [0.4, 0.5) is 13.2 Å². The third-order valence-corrected chi connectivity index (χ3v) is 6.18. The van der Waals surface area contributed by atoms with Gasteiger partial charge in [-0.1, -0.05) is 12.1 Å². The number of alkyl halides is 3. The number of hydrogen-bond donors (Lipinski definition) is 1. The minimum atomic E-state index is -4.58. The Hall–Kier alpha value is -3.59. The summed E-state index contributed by atoms with van der Waals surface area (Å²) in [6, 6.07) is 11.3. The minimum Gasteiger partial charge on any atom is -0.299 e. The average Bonchev–Trinajstić information content (AvgIpc) is 3.23. The van der Waals surface area contributed by atoms with Crippen molar-refractivity contribution in [1.29, 1.82) is 0 Å². The maximum atomic E-state index is 13.2. The standard InChI is InChI=1S/C25H22F3N5O/c1-15(20-4-2-5-22(30-20)25(26,27)28)24(34)23-19-11-17(6-7-21(19)31-32-23)18-10-16(12-29-13-18)14-33-8-3-9-33/h2,4-7,10-13,15H,3,8-9,14H2,1H3,(H,31,32). The number of halogens is 3. The molecular weight excluding hydrogens is 443 g/mol. The first-order valence-corrected chi connectivity index (χ1v) is 11.0. The number of likely N-dealkylation sites (tertiary alicyclic amines) is 1. The van der Waals surface area contributed by atoms with Crippen LogP contribution in [0.15, 0.2) is 54.9 Å². The van der Waals surface area contributed by atoms with Crippen LogP contribution in [-0.2, 0) is 12.7 Å². The Bertz CT molecular complexity index is 1360. The van der Waals surface area contributed by atoms with E-state index in [0.29, 0.717) is 10.9 Å². The molecule has 4 aromatic rings. The second-order valence-electron chi connectivity index (χ2n) is 8.58. The summed E-state index contributed by atoms with van der Waals surface area (Å²) in [4.78, 5) is 23.6. The van der Waals surface area contributed by atoms with Gasteiger partial charge >= 0.3 is 6.18 Å². The number of hydrogen-bond acceptors (Lipinski definition) is 5. The molecule has 1 aromatic carbocycles. The van der Waals surface area contributed by atoms with E-state index in [1.807, 2.05) is 24.4 Å². The van der Waals surface area contributed by atoms with Crippen molar-refractivity contribution in [2.75, 3.05) is 13.1 Å². The Morgan fingerprint density at radius 1 is 1.12 bits per heavy atom. The van der Waals surface area contributed by atoms with E-state index in [2.05, 4.69) is 31.1 Å². The molecule has 0 bridgehead atoms. The van der Waals surface area contributed by atoms with Crippen LogP contribution < -0.4 is 0 Å². The van der Waals surface area contributed by atoms with Gasteiger partial charge in [-0.15, -0.1) is 0 Å². The topological polar surface area (TPSA) is 74.8 Å². The molecule has 1 unspecified atom stereocenters. The van der Waals surface area contributed by atoms with E-state index in [1.54, 1.807) is 13.1 Å². The molecule has 174 valence electrons. The van der Waals surface area contributed by atoms with Gasteiger partial charge in [0.1, 0.15) is 11.4 Å². The molecule has 0 saturated carbocycles. The first-order chi connectivity index (χ1) is 16.3. The van der Waals surface area contributed by atoms with Crippen molar-refractivity contribution in [3.05, 3.63) is 77.5 Å². The number of rotatable bonds is 6. The number of aromatic amines is 1. The van der Waals surface area contributed by atoms with Crippen molar-refractivity contribution in [3.63, 3.8) is 0 Å². The van der Waals surface area contributed by atoms with Crippen molar-refractivity contribution >= 4 is 16.7 Å². The maximum Gasteiger partial charge on any atom is 0.433 e. The quantitative estimate of drug-likeness (QED) is 0.395. The van der Waals surface area contributed by atoms with E-state index < -0.39 is 23.6 Å². The lowest BCUT2D eigenvalue weighted by Gasteiger charge is -2.30. The van der Waals surface area contributed by atoms with Crippen LogP contribution in [0.3, 0.4) is 0 Å². The fourth-order valence-corrected chi connectivity index (χ4v) is 4.10. The highest BCUT2D eigenvalue weighted by Gasteiger charge is 2.33. The zero-order chi connectivity index (χ0) is 23.9. The molecule has 1 saturated heterocycles. The highest BCUT2D eigenvalue weighted by atomic mass is 19.4. The average molecular weight is 465 g/mol. The number of nitrogens with zero attached hydrogens (tertiary/aromatic N) is 4. The number of aromatic nitrogens is 4. The van der Waals surface area contributed by atoms with Crippen LogP contribution in [0, 0.1) is 0 Å². The van der Waals surface area contributed by atoms with Gasteiger partial charge in [-0.3, -0.25) is 19.8 Å². The Balaban J connectivity index is 1.45. The maximum absolute atomic E-state index is 13.2. The summed E-state index contributed by atoms with van der Waals surface area (Å²) in [6.45, 7) is 4.57. The predicted octanol–water partition coefficient (Wildman–Crippen LogP) is 5.23. The highest BCUT2D eigenvalue weighted by Crippen LogP contribution is 2.31. The molecule has 3 aromatic heterocycles. The fourth-order valence-electron chi connectivity index (χ4n) is 4.10. The van der Waals surface area contributed by atoms with Gasteiger partial charge in [0.05, 0.1) is 17.1 Å². The van der Waals surface area contributed by atoms with Crippen LogP contribution in [0.2, 0.25) is 0 Å². The summed E-state index contributed by atoms with van der Waals surface area (Å²) in [6.07, 6.45) is 0.273. The lowest BCUT2D eigenvalue weighted by molar-refractivity contribution is -0.141. The molecule has 4 heterocycles. The molecule has 1 aliphatic rings. The first-order valence-electron chi connectivity index (χ1n) is 11.0. The number of pyridine rings is 2. The van der Waals surface area contributed by atoms with Crippen molar-refractivity contribution in [1.82, 2.24) is 25.1 Å². The van der Waals surface area contributed by atoms with E-state index >= 15 is 0 Å². The molecule has 1 atom stereocenters. The third kappa shape index (κ3) is 4.31. The minimum absolute atomic E-state index is 0.0509. The second kappa shape index (κ2) is 8.64. The Morgan fingerprint density at radius 2 is 1.94 bits per heavy atom. The van der Waals surface area contributed by atoms with E-state index in [-0.39, 0.29) is 11.4 Å². The number of fused-ring (bicyclic) bond motifs is 1. The van der Waals surface area contributed by atoms with Gasteiger partial charge in [0, 0.05) is 29.9 Å². The van der Waals surface area contributed by atoms with Crippen LogP contribution >= 0.6 is 0 Å². The van der Waals surface area contributed by atoms with E-state index in [9.17, 15) is 18.0 Å². The number of carbonyl (C=O) groups excluding carboxylic acids is 1. The van der Waals surface area contributed by atoms with Gasteiger partial charge in [0.15, 0.2) is 5.78 Å². The van der Waals surface area contributed by atoms with Crippen molar-refractivity contribution in [2.24, 2.45) is 0 Å². The van der Waals surface area contributed by atoms with E-state index in [1.165, 1.54) is 18.6 Å². The van der Waals surface area contributed by atoms with Gasteiger partial charge < -0.3 is 0 Å². The van der Waals surface area contributed by atoms with E-state index in [4.69, 9.17) is 0 Å². The highest BCUT2D eigenvalue weighted by molar-refractivity contribution is 6.09. The summed E-state index contributed by atoms with van der Waals surface area (Å²) in [5.41, 5.74) is 2.79. The number of H-pyrrole nitrogens is 1. The molecule has 1 N–H and O–H groups in total. The lowest BCUT2D eigenvalue weighted by atomic mass is 9.96. The second-order valence-corrected chi connectivity index (χ2v) is 8.58. The van der Waals surface area contributed by atoms with Gasteiger partial charge in [0.25, 0.3) is 0 Å². The van der Waals surface area contributed by atoms with Crippen molar-refractivity contribution in [2.45, 2.75) is 32.0 Å². The van der Waals surface area contributed by atoms with Crippen molar-refractivity contribution < 1.29 is 18.0 Å². The summed E-state index contributed by atoms with van der Waals surface area (Å²) in [7, 11) is 0. The van der Waals surface area contributed by atoms with Gasteiger partial charge in [-0.05, 0) is 67.9 Å². The number of ketones is 1. The predicted molar refractivity (Wildman–Crippen MR) is 121 cm³/mol. The zero-order valence-corrected chi connectivity index (χ0v) is 18.4. The Labute approximate surface area is 193 Å². The zero-order valence-electron chi connectivity index (χ0n) is 18.4. The van der Waals surface area contributed by atoms with E-state index in [0.717, 1.165) is 42.4 Å². The molecule has 34 heavy (non-hydrogen) atoms. The number of benzene rings is 1. The van der Waals surface area contributed by atoms with Crippen LogP contribution in [0.1, 0.15) is 46.7 Å². The van der Waals surface area contributed by atoms with Gasteiger partial charge in [-0.25, -0.2) is 4.98 Å². The first kappa shape index (κ1) is 22.2. The van der Waals surface area contributed by atoms with Crippen LogP contribution in [-0.4, -0.2) is 43.9 Å². The van der Waals surface area contributed by atoms with Crippen LogP contribution in [0.25, 0.3) is 22.0 Å². The summed E-state index contributed by atoms with van der Waals surface area (Å²) >= 11 is 0. The third-order valence-electron chi connectivity index (χ3n) is 6.18. The van der Waals surface area contributed by atoms with Crippen molar-refractivity contribution in [3.8, 4) is 11.1 Å². The van der Waals surface area contributed by atoms with Gasteiger partial charge in [-0.2, -0.15) is 18.3 Å². The summed E-state index contributed by atoms with van der Waals surface area (Å²) < 4.78 is 39.2. The summed E-state index contributed by atoms with van der Waals surface area (Å²) in [5.74, 6) is -1.29. The number of carbonyl (C=O) groups is 1. The smallest absolute Gasteiger partial charge is 0.299 e.